The highest BCUT2D eigenvalue weighted by atomic mass is 35.5. The Labute approximate surface area is 147 Å². The van der Waals surface area contributed by atoms with E-state index in [0.29, 0.717) is 31.3 Å². The van der Waals surface area contributed by atoms with Crippen molar-refractivity contribution in [2.24, 2.45) is 0 Å². The summed E-state index contributed by atoms with van der Waals surface area (Å²) in [5, 5.41) is 6.96. The summed E-state index contributed by atoms with van der Waals surface area (Å²) in [6.07, 6.45) is 0. The van der Waals surface area contributed by atoms with Crippen LogP contribution >= 0.6 is 11.6 Å². The summed E-state index contributed by atoms with van der Waals surface area (Å²) in [7, 11) is 0. The van der Waals surface area contributed by atoms with Crippen LogP contribution in [-0.2, 0) is 14.3 Å². The molecule has 1 aromatic rings. The smallest absolute Gasteiger partial charge is 0.239 e. The molecule has 3 rings (SSSR count). The van der Waals surface area contributed by atoms with Crippen LogP contribution in [0, 0.1) is 0 Å². The predicted molar refractivity (Wildman–Crippen MR) is 92.2 cm³/mol. The van der Waals surface area contributed by atoms with Crippen molar-refractivity contribution in [3.63, 3.8) is 0 Å². The zero-order valence-electron chi connectivity index (χ0n) is 13.7. The monoisotopic (exact) mass is 353 g/mol. The maximum Gasteiger partial charge on any atom is 0.239 e. The number of nitrogens with zero attached hydrogens (tertiary/aromatic N) is 1. The molecular formula is C17H24ClN3O3. The van der Waals surface area contributed by atoms with Gasteiger partial charge in [0.1, 0.15) is 6.04 Å². The first-order valence-corrected chi connectivity index (χ1v) is 8.78. The van der Waals surface area contributed by atoms with Gasteiger partial charge in [0.2, 0.25) is 5.91 Å². The Bertz CT molecular complexity index is 528. The van der Waals surface area contributed by atoms with Crippen LogP contribution in [0.15, 0.2) is 24.3 Å². The van der Waals surface area contributed by atoms with Crippen LogP contribution in [-0.4, -0.2) is 69.5 Å². The van der Waals surface area contributed by atoms with Gasteiger partial charge in [-0.05, 0) is 17.7 Å². The number of morpholine rings is 2. The minimum atomic E-state index is -0.269. The Morgan fingerprint density at radius 1 is 1.25 bits per heavy atom. The molecule has 2 fully saturated rings. The molecule has 2 unspecified atom stereocenters. The maximum atomic E-state index is 12.4. The first-order chi connectivity index (χ1) is 11.7. The van der Waals surface area contributed by atoms with Gasteiger partial charge < -0.3 is 20.1 Å². The fourth-order valence-electron chi connectivity index (χ4n) is 3.09. The molecule has 0 aliphatic carbocycles. The molecule has 132 valence electrons. The van der Waals surface area contributed by atoms with Gasteiger partial charge in [0, 0.05) is 31.2 Å². The second-order valence-electron chi connectivity index (χ2n) is 6.04. The van der Waals surface area contributed by atoms with E-state index in [9.17, 15) is 4.79 Å². The minimum absolute atomic E-state index is 0.0121. The van der Waals surface area contributed by atoms with Crippen LogP contribution in [0.4, 0.5) is 0 Å². The van der Waals surface area contributed by atoms with E-state index in [4.69, 9.17) is 21.1 Å². The minimum Gasteiger partial charge on any atom is -0.379 e. The standard InChI is InChI=1S/C17H24ClN3O3/c18-14-3-1-13(2-4-14)16(21-6-9-23-10-7-21)11-20-17(22)15-12-24-8-5-19-15/h1-4,15-16,19H,5-12H2,(H,20,22). The third-order valence-corrected chi connectivity index (χ3v) is 4.70. The number of carbonyl (C=O) groups excluding carboxylic acids is 1. The van der Waals surface area contributed by atoms with Gasteiger partial charge in [-0.25, -0.2) is 0 Å². The predicted octanol–water partition coefficient (Wildman–Crippen LogP) is 0.818. The first kappa shape index (κ1) is 17.6. The number of hydrogen-bond donors (Lipinski definition) is 2. The first-order valence-electron chi connectivity index (χ1n) is 8.40. The van der Waals surface area contributed by atoms with Crippen molar-refractivity contribution in [1.29, 1.82) is 0 Å². The average molecular weight is 354 g/mol. The van der Waals surface area contributed by atoms with Crippen molar-refractivity contribution in [2.75, 3.05) is 52.6 Å². The molecule has 0 bridgehead atoms. The highest BCUT2D eigenvalue weighted by molar-refractivity contribution is 6.30. The second kappa shape index (κ2) is 8.78. The molecule has 2 N–H and O–H groups in total. The molecule has 0 spiro atoms. The Morgan fingerprint density at radius 3 is 2.67 bits per heavy atom. The maximum absolute atomic E-state index is 12.4. The molecule has 2 atom stereocenters. The quantitative estimate of drug-likeness (QED) is 0.820. The third kappa shape index (κ3) is 4.68. The van der Waals surface area contributed by atoms with Crippen molar-refractivity contribution in [1.82, 2.24) is 15.5 Å². The molecule has 24 heavy (non-hydrogen) atoms. The van der Waals surface area contributed by atoms with Crippen molar-refractivity contribution in [2.45, 2.75) is 12.1 Å². The molecule has 2 aliphatic heterocycles. The third-order valence-electron chi connectivity index (χ3n) is 4.45. The molecule has 2 aliphatic rings. The van der Waals surface area contributed by atoms with E-state index in [-0.39, 0.29) is 18.0 Å². The van der Waals surface area contributed by atoms with Crippen molar-refractivity contribution < 1.29 is 14.3 Å². The summed E-state index contributed by atoms with van der Waals surface area (Å²) in [6.45, 7) is 5.49. The Hall–Kier alpha value is -1.18. The number of rotatable bonds is 5. The van der Waals surface area contributed by atoms with Crippen LogP contribution in [0.25, 0.3) is 0 Å². The van der Waals surface area contributed by atoms with E-state index in [0.717, 1.165) is 31.9 Å². The van der Waals surface area contributed by atoms with Gasteiger partial charge in [0.05, 0.1) is 32.5 Å². The van der Waals surface area contributed by atoms with Crippen molar-refractivity contribution in [3.05, 3.63) is 34.9 Å². The summed E-state index contributed by atoms with van der Waals surface area (Å²) in [5.41, 5.74) is 1.15. The summed E-state index contributed by atoms with van der Waals surface area (Å²) < 4.78 is 10.8. The van der Waals surface area contributed by atoms with Gasteiger partial charge in [-0.15, -0.1) is 0 Å². The van der Waals surface area contributed by atoms with Gasteiger partial charge in [0.25, 0.3) is 0 Å². The van der Waals surface area contributed by atoms with E-state index in [1.54, 1.807) is 0 Å². The SMILES string of the molecule is O=C(NCC(c1ccc(Cl)cc1)N1CCOCC1)C1COCCN1. The normalized spacial score (nSPS) is 23.6. The molecule has 0 saturated carbocycles. The van der Waals surface area contributed by atoms with Gasteiger partial charge in [-0.2, -0.15) is 0 Å². The Kier molecular flexibility index (Phi) is 6.45. The molecule has 6 nitrogen and oxygen atoms in total. The fourth-order valence-corrected chi connectivity index (χ4v) is 3.21. The number of amides is 1. The van der Waals surface area contributed by atoms with Crippen molar-refractivity contribution in [3.8, 4) is 0 Å². The van der Waals surface area contributed by atoms with Crippen LogP contribution in [0.3, 0.4) is 0 Å². The van der Waals surface area contributed by atoms with Gasteiger partial charge in [-0.3, -0.25) is 9.69 Å². The van der Waals surface area contributed by atoms with E-state index < -0.39 is 0 Å². The molecule has 1 amide bonds. The second-order valence-corrected chi connectivity index (χ2v) is 6.48. The molecule has 2 saturated heterocycles. The average Bonchev–Trinajstić information content (AvgIpc) is 2.65. The molecule has 0 aromatic heterocycles. The van der Waals surface area contributed by atoms with Gasteiger partial charge in [0.15, 0.2) is 0 Å². The topological polar surface area (TPSA) is 62.8 Å². The lowest BCUT2D eigenvalue weighted by molar-refractivity contribution is -0.126. The van der Waals surface area contributed by atoms with Crippen LogP contribution in [0.1, 0.15) is 11.6 Å². The lowest BCUT2D eigenvalue weighted by Gasteiger charge is -2.35. The summed E-state index contributed by atoms with van der Waals surface area (Å²) in [5.74, 6) is -0.0121. The van der Waals surface area contributed by atoms with Gasteiger partial charge in [-0.1, -0.05) is 23.7 Å². The molecule has 0 radical (unpaired) electrons. The Morgan fingerprint density at radius 2 is 2.00 bits per heavy atom. The summed E-state index contributed by atoms with van der Waals surface area (Å²) in [4.78, 5) is 14.7. The number of nitrogens with one attached hydrogen (secondary N) is 2. The van der Waals surface area contributed by atoms with E-state index in [1.165, 1.54) is 0 Å². The highest BCUT2D eigenvalue weighted by Crippen LogP contribution is 2.23. The fraction of sp³-hybridized carbons (Fsp3) is 0.588. The molecule has 2 heterocycles. The summed E-state index contributed by atoms with van der Waals surface area (Å²) >= 11 is 6.01. The van der Waals surface area contributed by atoms with E-state index in [2.05, 4.69) is 15.5 Å². The van der Waals surface area contributed by atoms with E-state index >= 15 is 0 Å². The number of ether oxygens (including phenoxy) is 2. The zero-order chi connectivity index (χ0) is 16.8. The number of benzene rings is 1. The largest absolute Gasteiger partial charge is 0.379 e. The lowest BCUT2D eigenvalue weighted by Crippen LogP contribution is -2.53. The Balaban J connectivity index is 1.64. The number of hydrogen-bond acceptors (Lipinski definition) is 5. The van der Waals surface area contributed by atoms with Gasteiger partial charge >= 0.3 is 0 Å². The van der Waals surface area contributed by atoms with Crippen LogP contribution < -0.4 is 10.6 Å². The molecular weight excluding hydrogens is 330 g/mol. The molecule has 7 heteroatoms. The number of halogens is 1. The highest BCUT2D eigenvalue weighted by Gasteiger charge is 2.26. The molecule has 1 aromatic carbocycles. The van der Waals surface area contributed by atoms with Crippen LogP contribution in [0.2, 0.25) is 5.02 Å². The zero-order valence-corrected chi connectivity index (χ0v) is 14.4. The lowest BCUT2D eigenvalue weighted by atomic mass is 10.0. The number of carbonyl (C=O) groups is 1. The van der Waals surface area contributed by atoms with Crippen LogP contribution in [0.5, 0.6) is 0 Å². The summed E-state index contributed by atoms with van der Waals surface area (Å²) in [6, 6.07) is 7.67. The van der Waals surface area contributed by atoms with Crippen molar-refractivity contribution >= 4 is 17.5 Å². The van der Waals surface area contributed by atoms with E-state index in [1.807, 2.05) is 24.3 Å².